The summed E-state index contributed by atoms with van der Waals surface area (Å²) in [6.45, 7) is 10.1. The standard InChI is InChI=1S/C28H31N5O2S2/c1-4-20(3)33-27(35)23(37-28(33)36)16-22-25(29-24-11-10-19(2)17-32(24)26(22)34)31-14-12-30(13-15-31)18-21-8-6-5-7-9-21/h5-11,16-17,20H,4,12-15,18H2,1-3H3/b23-16-. The van der Waals surface area contributed by atoms with Crippen molar-refractivity contribution in [3.63, 3.8) is 0 Å². The van der Waals surface area contributed by atoms with Crippen LogP contribution in [0.1, 0.15) is 37.0 Å². The smallest absolute Gasteiger partial charge is 0.267 e. The maximum Gasteiger partial charge on any atom is 0.267 e. The monoisotopic (exact) mass is 533 g/mol. The summed E-state index contributed by atoms with van der Waals surface area (Å²) in [5.41, 5.74) is 3.11. The normalized spacial score (nSPS) is 18.8. The van der Waals surface area contributed by atoms with Gasteiger partial charge in [-0.3, -0.25) is 23.8 Å². The van der Waals surface area contributed by atoms with Crippen LogP contribution in [0, 0.1) is 6.92 Å². The van der Waals surface area contributed by atoms with E-state index in [2.05, 4.69) is 34.1 Å². The summed E-state index contributed by atoms with van der Waals surface area (Å²) in [5.74, 6) is 0.485. The van der Waals surface area contributed by atoms with Gasteiger partial charge in [0.05, 0.1) is 10.5 Å². The number of pyridine rings is 1. The van der Waals surface area contributed by atoms with Crippen molar-refractivity contribution < 1.29 is 4.79 Å². The number of carbonyl (C=O) groups excluding carboxylic acids is 1. The van der Waals surface area contributed by atoms with Gasteiger partial charge >= 0.3 is 0 Å². The fourth-order valence-corrected chi connectivity index (χ4v) is 6.19. The highest BCUT2D eigenvalue weighted by Gasteiger charge is 2.35. The van der Waals surface area contributed by atoms with Crippen LogP contribution in [0.25, 0.3) is 11.7 Å². The molecule has 0 saturated carbocycles. The van der Waals surface area contributed by atoms with Crippen molar-refractivity contribution in [3.8, 4) is 0 Å². The average molecular weight is 534 g/mol. The zero-order chi connectivity index (χ0) is 26.1. The van der Waals surface area contributed by atoms with E-state index in [1.54, 1.807) is 21.6 Å². The number of thioether (sulfide) groups is 1. The van der Waals surface area contributed by atoms with Crippen molar-refractivity contribution >= 4 is 51.7 Å². The number of hydrogen-bond donors (Lipinski definition) is 0. The molecular weight excluding hydrogens is 502 g/mol. The minimum Gasteiger partial charge on any atom is -0.353 e. The lowest BCUT2D eigenvalue weighted by atomic mass is 10.1. The number of piperazine rings is 1. The Morgan fingerprint density at radius 1 is 1.08 bits per heavy atom. The molecule has 2 aliphatic rings. The lowest BCUT2D eigenvalue weighted by molar-refractivity contribution is -0.123. The molecule has 2 fully saturated rings. The molecule has 2 aliphatic heterocycles. The van der Waals surface area contributed by atoms with E-state index in [1.165, 1.54) is 17.3 Å². The number of fused-ring (bicyclic) bond motifs is 1. The van der Waals surface area contributed by atoms with Crippen molar-refractivity contribution in [2.24, 2.45) is 0 Å². The molecule has 3 aromatic rings. The highest BCUT2D eigenvalue weighted by molar-refractivity contribution is 8.26. The third-order valence-electron chi connectivity index (χ3n) is 7.04. The van der Waals surface area contributed by atoms with Crippen LogP contribution in [0.5, 0.6) is 0 Å². The van der Waals surface area contributed by atoms with Gasteiger partial charge in [0.2, 0.25) is 0 Å². The van der Waals surface area contributed by atoms with Gasteiger partial charge < -0.3 is 4.90 Å². The number of benzene rings is 1. The molecule has 2 aromatic heterocycles. The number of thiocarbonyl (C=S) groups is 1. The topological polar surface area (TPSA) is 61.2 Å². The molecule has 0 radical (unpaired) electrons. The minimum atomic E-state index is -0.177. The van der Waals surface area contributed by atoms with Gasteiger partial charge in [-0.05, 0) is 43.5 Å². The van der Waals surface area contributed by atoms with Crippen LogP contribution in [0.4, 0.5) is 5.82 Å². The number of aryl methyl sites for hydroxylation is 1. The van der Waals surface area contributed by atoms with E-state index in [9.17, 15) is 9.59 Å². The first kappa shape index (κ1) is 25.6. The minimum absolute atomic E-state index is 0.00837. The van der Waals surface area contributed by atoms with E-state index < -0.39 is 0 Å². The largest absolute Gasteiger partial charge is 0.353 e. The molecular formula is C28H31N5O2S2. The number of anilines is 1. The molecule has 5 rings (SSSR count). The Labute approximate surface area is 226 Å². The molecule has 0 aliphatic carbocycles. The highest BCUT2D eigenvalue weighted by Crippen LogP contribution is 2.35. The Bertz CT molecular complexity index is 1430. The van der Waals surface area contributed by atoms with E-state index in [1.807, 2.05) is 39.0 Å². The van der Waals surface area contributed by atoms with Gasteiger partial charge in [-0.1, -0.05) is 67.3 Å². The molecule has 0 spiro atoms. The summed E-state index contributed by atoms with van der Waals surface area (Å²) >= 11 is 6.78. The first-order valence-electron chi connectivity index (χ1n) is 12.7. The zero-order valence-electron chi connectivity index (χ0n) is 21.4. The van der Waals surface area contributed by atoms with Gasteiger partial charge in [-0.25, -0.2) is 4.98 Å². The molecule has 4 heterocycles. The van der Waals surface area contributed by atoms with E-state index in [0.29, 0.717) is 26.3 Å². The maximum atomic E-state index is 13.8. The van der Waals surface area contributed by atoms with Crippen molar-refractivity contribution in [2.45, 2.75) is 39.8 Å². The molecule has 2 saturated heterocycles. The SMILES string of the molecule is CCC(C)N1C(=O)/C(=C/c2c(N3CCN(Cc4ccccc4)CC3)nc3ccc(C)cn3c2=O)SC1=S. The molecule has 1 unspecified atom stereocenters. The Morgan fingerprint density at radius 2 is 1.81 bits per heavy atom. The first-order chi connectivity index (χ1) is 17.9. The van der Waals surface area contributed by atoms with Gasteiger partial charge in [0, 0.05) is 45.0 Å². The summed E-state index contributed by atoms with van der Waals surface area (Å²) < 4.78 is 2.11. The van der Waals surface area contributed by atoms with Crippen molar-refractivity contribution in [3.05, 3.63) is 80.6 Å². The summed E-state index contributed by atoms with van der Waals surface area (Å²) in [5, 5.41) is 0. The van der Waals surface area contributed by atoms with E-state index >= 15 is 0 Å². The van der Waals surface area contributed by atoms with Gasteiger partial charge in [0.15, 0.2) is 0 Å². The molecule has 0 N–H and O–H groups in total. The predicted octanol–water partition coefficient (Wildman–Crippen LogP) is 4.32. The summed E-state index contributed by atoms with van der Waals surface area (Å²) in [7, 11) is 0. The summed E-state index contributed by atoms with van der Waals surface area (Å²) in [6, 6.07) is 14.3. The van der Waals surface area contributed by atoms with E-state index in [-0.39, 0.29) is 17.5 Å². The Morgan fingerprint density at radius 3 is 2.51 bits per heavy atom. The van der Waals surface area contributed by atoms with Gasteiger partial charge in [0.1, 0.15) is 15.8 Å². The zero-order valence-corrected chi connectivity index (χ0v) is 23.0. The molecule has 1 amide bonds. The van der Waals surface area contributed by atoms with Crippen LogP contribution in [-0.4, -0.2) is 61.6 Å². The molecule has 192 valence electrons. The number of carbonyl (C=O) groups is 1. The number of rotatable bonds is 6. The number of aromatic nitrogens is 2. The molecule has 1 aromatic carbocycles. The predicted molar refractivity (Wildman–Crippen MR) is 155 cm³/mol. The van der Waals surface area contributed by atoms with Crippen LogP contribution >= 0.6 is 24.0 Å². The van der Waals surface area contributed by atoms with Crippen LogP contribution in [0.3, 0.4) is 0 Å². The second kappa shape index (κ2) is 10.8. The Hall–Kier alpha value is -3.01. The summed E-state index contributed by atoms with van der Waals surface area (Å²) in [4.78, 5) is 38.7. The molecule has 7 nitrogen and oxygen atoms in total. The fraction of sp³-hybridized carbons (Fsp3) is 0.357. The second-order valence-electron chi connectivity index (χ2n) is 9.65. The molecule has 9 heteroatoms. The molecule has 0 bridgehead atoms. The second-order valence-corrected chi connectivity index (χ2v) is 11.3. The van der Waals surface area contributed by atoms with Crippen LogP contribution < -0.4 is 10.5 Å². The third-order valence-corrected chi connectivity index (χ3v) is 8.37. The summed E-state index contributed by atoms with van der Waals surface area (Å²) in [6.07, 6.45) is 4.31. The van der Waals surface area contributed by atoms with Gasteiger partial charge in [0.25, 0.3) is 11.5 Å². The Balaban J connectivity index is 1.50. The van der Waals surface area contributed by atoms with E-state index in [4.69, 9.17) is 17.2 Å². The van der Waals surface area contributed by atoms with Crippen LogP contribution in [0.15, 0.2) is 58.4 Å². The maximum absolute atomic E-state index is 13.8. The van der Waals surface area contributed by atoms with Crippen molar-refractivity contribution in [2.75, 3.05) is 31.1 Å². The van der Waals surface area contributed by atoms with Crippen molar-refractivity contribution in [1.82, 2.24) is 19.2 Å². The first-order valence-corrected chi connectivity index (χ1v) is 13.9. The van der Waals surface area contributed by atoms with Crippen LogP contribution in [0.2, 0.25) is 0 Å². The number of hydrogen-bond acceptors (Lipinski definition) is 7. The number of nitrogens with zero attached hydrogens (tertiary/aromatic N) is 5. The highest BCUT2D eigenvalue weighted by atomic mass is 32.2. The molecule has 1 atom stereocenters. The fourth-order valence-electron chi connectivity index (χ4n) is 4.75. The molecule has 37 heavy (non-hydrogen) atoms. The Kier molecular flexibility index (Phi) is 7.46. The average Bonchev–Trinajstić information content (AvgIpc) is 3.19. The third kappa shape index (κ3) is 5.21. The van der Waals surface area contributed by atoms with Gasteiger partial charge in [-0.15, -0.1) is 0 Å². The quantitative estimate of drug-likeness (QED) is 0.345. The lowest BCUT2D eigenvalue weighted by Gasteiger charge is -2.36. The lowest BCUT2D eigenvalue weighted by Crippen LogP contribution is -2.47. The van der Waals surface area contributed by atoms with Crippen LogP contribution in [-0.2, 0) is 11.3 Å². The van der Waals surface area contributed by atoms with Crippen molar-refractivity contribution in [1.29, 1.82) is 0 Å². The van der Waals surface area contributed by atoms with Gasteiger partial charge in [-0.2, -0.15) is 0 Å². The van der Waals surface area contributed by atoms with E-state index in [0.717, 1.165) is 44.7 Å². The number of amides is 1.